The Hall–Kier alpha value is -3.62. The summed E-state index contributed by atoms with van der Waals surface area (Å²) in [4.78, 5) is 39.3. The number of carbonyl (C=O) groups is 3. The molecule has 1 saturated heterocycles. The smallest absolute Gasteiger partial charge is 0.335 e. The summed E-state index contributed by atoms with van der Waals surface area (Å²) in [6.07, 6.45) is 1.37. The molecule has 0 radical (unpaired) electrons. The van der Waals surface area contributed by atoms with Crippen LogP contribution in [0.2, 0.25) is 5.02 Å². The first kappa shape index (κ1) is 26.4. The molecule has 0 atom stereocenters. The van der Waals surface area contributed by atoms with Crippen LogP contribution in [-0.2, 0) is 16.2 Å². The van der Waals surface area contributed by atoms with E-state index >= 15 is 0 Å². The summed E-state index contributed by atoms with van der Waals surface area (Å²) in [5.41, 5.74) is 4.70. The van der Waals surface area contributed by atoms with Gasteiger partial charge in [0.1, 0.15) is 12.2 Å². The number of anilines is 1. The molecule has 1 heterocycles. The predicted molar refractivity (Wildman–Crippen MR) is 146 cm³/mol. The number of imide groups is 2. The number of halogens is 2. The summed E-state index contributed by atoms with van der Waals surface area (Å²) in [6.45, 7) is 6.19. The van der Waals surface area contributed by atoms with Gasteiger partial charge in [-0.25, -0.2) is 9.69 Å². The molecule has 3 aromatic rings. The number of nitrogens with zero attached hydrogens (tertiary/aromatic N) is 1. The van der Waals surface area contributed by atoms with Gasteiger partial charge in [-0.3, -0.25) is 14.9 Å². The monoisotopic (exact) mass is 582 g/mol. The number of carbonyl (C=O) groups excluding carboxylic acids is 3. The summed E-state index contributed by atoms with van der Waals surface area (Å²) in [5, 5.41) is 2.47. The normalized spacial score (nSPS) is 14.7. The molecular weight excluding hydrogens is 560 g/mol. The van der Waals surface area contributed by atoms with Gasteiger partial charge in [-0.15, -0.1) is 0 Å². The zero-order valence-corrected chi connectivity index (χ0v) is 23.0. The highest BCUT2D eigenvalue weighted by molar-refractivity contribution is 9.10. The fourth-order valence-corrected chi connectivity index (χ4v) is 4.36. The highest BCUT2D eigenvalue weighted by atomic mass is 79.9. The minimum atomic E-state index is -0.820. The Balaban J connectivity index is 1.64. The standard InChI is InChI=1S/C28H24BrClN2O5/c1-15-5-6-18(9-16(15)2)14-37-25-23(30)12-19(13-24(25)36-4)11-21-26(33)31-28(35)32(27(21)34)20-7-8-22(29)17(3)10-20/h5-13H,14H2,1-4H3,(H,31,33,35)/b21-11-. The number of hydrogen-bond acceptors (Lipinski definition) is 5. The van der Waals surface area contributed by atoms with Crippen molar-refractivity contribution < 1.29 is 23.9 Å². The number of barbiturate groups is 1. The molecule has 0 unspecified atom stereocenters. The highest BCUT2D eigenvalue weighted by Gasteiger charge is 2.37. The molecule has 37 heavy (non-hydrogen) atoms. The van der Waals surface area contributed by atoms with Crippen molar-refractivity contribution >= 4 is 57.1 Å². The molecule has 0 bridgehead atoms. The number of benzene rings is 3. The molecular formula is C28H24BrClN2O5. The number of urea groups is 1. The van der Waals surface area contributed by atoms with Crippen molar-refractivity contribution in [2.75, 3.05) is 12.0 Å². The molecule has 0 saturated carbocycles. The number of hydrogen-bond donors (Lipinski definition) is 1. The first-order valence-electron chi connectivity index (χ1n) is 11.3. The molecule has 0 aromatic heterocycles. The van der Waals surface area contributed by atoms with Crippen LogP contribution in [0.5, 0.6) is 11.5 Å². The predicted octanol–water partition coefficient (Wildman–Crippen LogP) is 6.28. The maximum Gasteiger partial charge on any atom is 0.335 e. The van der Waals surface area contributed by atoms with Crippen LogP contribution in [0.1, 0.15) is 27.8 Å². The van der Waals surface area contributed by atoms with Gasteiger partial charge >= 0.3 is 6.03 Å². The molecule has 1 aliphatic rings. The van der Waals surface area contributed by atoms with Gasteiger partial charge < -0.3 is 9.47 Å². The van der Waals surface area contributed by atoms with Crippen LogP contribution in [0.3, 0.4) is 0 Å². The molecule has 1 fully saturated rings. The third kappa shape index (κ3) is 5.55. The molecule has 190 valence electrons. The van der Waals surface area contributed by atoms with E-state index in [4.69, 9.17) is 21.1 Å². The Morgan fingerprint density at radius 1 is 0.973 bits per heavy atom. The second-order valence-corrected chi connectivity index (χ2v) is 9.89. The molecule has 4 amide bonds. The van der Waals surface area contributed by atoms with E-state index < -0.39 is 17.8 Å². The lowest BCUT2D eigenvalue weighted by atomic mass is 10.1. The van der Waals surface area contributed by atoms with Crippen molar-refractivity contribution in [2.45, 2.75) is 27.4 Å². The highest BCUT2D eigenvalue weighted by Crippen LogP contribution is 2.38. The van der Waals surface area contributed by atoms with E-state index in [1.807, 2.05) is 39.0 Å². The SMILES string of the molecule is COc1cc(/C=C2/C(=O)NC(=O)N(c3ccc(Br)c(C)c3)C2=O)cc(Cl)c1OCc1ccc(C)c(C)c1. The number of amides is 4. The minimum absolute atomic E-state index is 0.220. The van der Waals surface area contributed by atoms with Crippen molar-refractivity contribution in [3.05, 3.63) is 91.4 Å². The molecule has 1 aliphatic heterocycles. The second-order valence-electron chi connectivity index (χ2n) is 8.63. The molecule has 3 aromatic carbocycles. The number of aryl methyl sites for hydroxylation is 3. The van der Waals surface area contributed by atoms with Gasteiger partial charge in [0.25, 0.3) is 11.8 Å². The van der Waals surface area contributed by atoms with E-state index in [1.54, 1.807) is 30.3 Å². The van der Waals surface area contributed by atoms with Gasteiger partial charge in [0.05, 0.1) is 17.8 Å². The fourth-order valence-electron chi connectivity index (χ4n) is 3.84. The third-order valence-corrected chi connectivity index (χ3v) is 7.19. The zero-order chi connectivity index (χ0) is 26.9. The lowest BCUT2D eigenvalue weighted by Crippen LogP contribution is -2.54. The van der Waals surface area contributed by atoms with Crippen LogP contribution >= 0.6 is 27.5 Å². The summed E-state index contributed by atoms with van der Waals surface area (Å²) < 4.78 is 12.3. The first-order valence-corrected chi connectivity index (χ1v) is 12.5. The van der Waals surface area contributed by atoms with Crippen LogP contribution in [0.4, 0.5) is 10.5 Å². The van der Waals surface area contributed by atoms with Gasteiger partial charge in [-0.05, 0) is 85.0 Å². The molecule has 1 N–H and O–H groups in total. The topological polar surface area (TPSA) is 84.9 Å². The van der Waals surface area contributed by atoms with Crippen LogP contribution in [0.25, 0.3) is 6.08 Å². The van der Waals surface area contributed by atoms with E-state index in [1.165, 1.54) is 18.7 Å². The molecule has 9 heteroatoms. The Labute approximate surface area is 228 Å². The summed E-state index contributed by atoms with van der Waals surface area (Å²) in [5.74, 6) is -0.875. The molecule has 0 spiro atoms. The lowest BCUT2D eigenvalue weighted by molar-refractivity contribution is -0.122. The number of methoxy groups -OCH3 is 1. The minimum Gasteiger partial charge on any atom is -0.493 e. The Morgan fingerprint density at radius 2 is 1.73 bits per heavy atom. The van der Waals surface area contributed by atoms with Crippen molar-refractivity contribution in [3.8, 4) is 11.5 Å². The first-order chi connectivity index (χ1) is 17.6. The van der Waals surface area contributed by atoms with Crippen LogP contribution in [-0.4, -0.2) is 25.0 Å². The summed E-state index contributed by atoms with van der Waals surface area (Å²) in [7, 11) is 1.47. The average Bonchev–Trinajstić information content (AvgIpc) is 2.85. The second kappa shape index (κ2) is 10.8. The summed E-state index contributed by atoms with van der Waals surface area (Å²) in [6, 6.07) is 13.4. The van der Waals surface area contributed by atoms with E-state index in [9.17, 15) is 14.4 Å². The molecule has 0 aliphatic carbocycles. The number of ether oxygens (including phenoxy) is 2. The van der Waals surface area contributed by atoms with E-state index in [2.05, 4.69) is 21.2 Å². The zero-order valence-electron chi connectivity index (χ0n) is 20.6. The van der Waals surface area contributed by atoms with Gasteiger partial charge in [-0.2, -0.15) is 0 Å². The maximum absolute atomic E-state index is 13.2. The van der Waals surface area contributed by atoms with Crippen molar-refractivity contribution in [1.82, 2.24) is 5.32 Å². The summed E-state index contributed by atoms with van der Waals surface area (Å²) >= 11 is 9.92. The molecule has 4 rings (SSSR count). The largest absolute Gasteiger partial charge is 0.493 e. The lowest BCUT2D eigenvalue weighted by Gasteiger charge is -2.26. The van der Waals surface area contributed by atoms with E-state index in [0.717, 1.165) is 26.1 Å². The quantitative estimate of drug-likeness (QED) is 0.273. The van der Waals surface area contributed by atoms with Crippen molar-refractivity contribution in [1.29, 1.82) is 0 Å². The van der Waals surface area contributed by atoms with Crippen molar-refractivity contribution in [3.63, 3.8) is 0 Å². The van der Waals surface area contributed by atoms with Gasteiger partial charge in [0.2, 0.25) is 0 Å². The van der Waals surface area contributed by atoms with E-state index in [0.29, 0.717) is 22.7 Å². The van der Waals surface area contributed by atoms with Crippen molar-refractivity contribution in [2.24, 2.45) is 0 Å². The Kier molecular flexibility index (Phi) is 7.71. The number of rotatable bonds is 6. The van der Waals surface area contributed by atoms with Crippen LogP contribution in [0.15, 0.2) is 58.6 Å². The number of nitrogens with one attached hydrogen (secondary N) is 1. The fraction of sp³-hybridized carbons (Fsp3) is 0.179. The van der Waals surface area contributed by atoms with E-state index in [-0.39, 0.29) is 17.2 Å². The Morgan fingerprint density at radius 3 is 2.41 bits per heavy atom. The van der Waals surface area contributed by atoms with Crippen LogP contribution in [0, 0.1) is 20.8 Å². The van der Waals surface area contributed by atoms with Gasteiger partial charge in [-0.1, -0.05) is 45.7 Å². The average molecular weight is 584 g/mol. The van der Waals surface area contributed by atoms with Gasteiger partial charge in [0.15, 0.2) is 11.5 Å². The van der Waals surface area contributed by atoms with Crippen LogP contribution < -0.4 is 19.7 Å². The third-order valence-electron chi connectivity index (χ3n) is 6.02. The Bertz CT molecular complexity index is 1470. The molecule has 7 nitrogen and oxygen atoms in total. The maximum atomic E-state index is 13.2. The van der Waals surface area contributed by atoms with Gasteiger partial charge in [0, 0.05) is 4.47 Å².